The van der Waals surface area contributed by atoms with Crippen molar-refractivity contribution in [2.45, 2.75) is 33.1 Å². The van der Waals surface area contributed by atoms with Crippen LogP contribution in [0.3, 0.4) is 0 Å². The summed E-state index contributed by atoms with van der Waals surface area (Å²) >= 11 is 7.44. The number of rotatable bonds is 16. The summed E-state index contributed by atoms with van der Waals surface area (Å²) < 4.78 is 10.2. The fraction of sp³-hybridized carbons (Fsp3) is 0.448. The van der Waals surface area contributed by atoms with Crippen LogP contribution >= 0.6 is 22.9 Å². The van der Waals surface area contributed by atoms with Gasteiger partial charge in [0.1, 0.15) is 28.9 Å². The van der Waals surface area contributed by atoms with E-state index >= 15 is 0 Å². The molecule has 0 spiro atoms. The quantitative estimate of drug-likeness (QED) is 0.0955. The zero-order chi connectivity index (χ0) is 33.8. The van der Waals surface area contributed by atoms with E-state index in [1.807, 2.05) is 25.1 Å². The summed E-state index contributed by atoms with van der Waals surface area (Å²) in [5.74, 6) is 0.495. The van der Waals surface area contributed by atoms with Gasteiger partial charge in [-0.15, -0.1) is 10.1 Å². The molecule has 2 N–H and O–H groups in total. The van der Waals surface area contributed by atoms with Crippen LogP contribution in [0.25, 0.3) is 0 Å². The van der Waals surface area contributed by atoms with Crippen molar-refractivity contribution in [3.05, 3.63) is 61.9 Å². The first kappa shape index (κ1) is 35.2. The fourth-order valence-electron chi connectivity index (χ4n) is 4.51. The number of para-hydroxylation sites is 1. The van der Waals surface area contributed by atoms with Gasteiger partial charge >= 0.3 is 11.9 Å². The highest BCUT2D eigenvalue weighted by atomic mass is 35.5. The van der Waals surface area contributed by atoms with Crippen LogP contribution < -0.4 is 15.5 Å². The first-order valence-corrected chi connectivity index (χ1v) is 16.0. The average molecular weight is 691 g/mol. The topological polar surface area (TPSA) is 191 Å². The Morgan fingerprint density at radius 1 is 1.04 bits per heavy atom. The number of ether oxygens (including phenoxy) is 2. The van der Waals surface area contributed by atoms with E-state index in [0.717, 1.165) is 24.5 Å². The second-order valence-corrected chi connectivity index (χ2v) is 11.8. The van der Waals surface area contributed by atoms with Crippen LogP contribution in [0.4, 0.5) is 22.5 Å². The van der Waals surface area contributed by atoms with Gasteiger partial charge in [0.25, 0.3) is 11.0 Å². The molecule has 0 unspecified atom stereocenters. The number of nitrogens with one attached hydrogen (secondary N) is 2. The molecule has 18 heteroatoms. The first-order chi connectivity index (χ1) is 22.6. The van der Waals surface area contributed by atoms with Crippen LogP contribution in [0.1, 0.15) is 40.3 Å². The molecule has 0 atom stereocenters. The Kier molecular flexibility index (Phi) is 13.0. The number of nitrogens with zero attached hydrogens (tertiary/aromatic N) is 6. The average Bonchev–Trinajstić information content (AvgIpc) is 3.50. The number of carbonyl (C=O) groups excluding carboxylic acids is 3. The van der Waals surface area contributed by atoms with Crippen molar-refractivity contribution >= 4 is 63.2 Å². The van der Waals surface area contributed by atoms with Crippen LogP contribution in [0, 0.1) is 24.0 Å². The van der Waals surface area contributed by atoms with Gasteiger partial charge in [0.05, 0.1) is 43.0 Å². The van der Waals surface area contributed by atoms with Gasteiger partial charge < -0.3 is 29.8 Å². The van der Waals surface area contributed by atoms with Crippen LogP contribution in [-0.4, -0.2) is 95.3 Å². The van der Waals surface area contributed by atoms with Gasteiger partial charge in [-0.1, -0.05) is 35.1 Å². The monoisotopic (exact) mass is 690 g/mol. The molecule has 1 aromatic carbocycles. The SMILES string of the molecule is Cc1nc(Nc2ncc(C(=O)Nc3c(C)cccc3Cl)s2)cc(N2CCN(CCOC(=O)CCC(=O)OCCCO[N+](=O)[O-])CC2)n1. The van der Waals surface area contributed by atoms with Crippen molar-refractivity contribution in [1.29, 1.82) is 0 Å². The Balaban J connectivity index is 1.17. The van der Waals surface area contributed by atoms with Gasteiger partial charge in [0, 0.05) is 45.2 Å². The third-order valence-electron chi connectivity index (χ3n) is 6.90. The van der Waals surface area contributed by atoms with Crippen molar-refractivity contribution in [1.82, 2.24) is 19.9 Å². The minimum atomic E-state index is -0.915. The second-order valence-electron chi connectivity index (χ2n) is 10.4. The van der Waals surface area contributed by atoms with Crippen molar-refractivity contribution in [2.75, 3.05) is 68.1 Å². The highest BCUT2D eigenvalue weighted by Crippen LogP contribution is 2.28. The van der Waals surface area contributed by atoms with E-state index in [2.05, 4.69) is 40.2 Å². The summed E-state index contributed by atoms with van der Waals surface area (Å²) in [7, 11) is 0. The molecule has 0 saturated carbocycles. The maximum absolute atomic E-state index is 12.8. The Hall–Kier alpha value is -4.61. The molecule has 0 aliphatic carbocycles. The molecule has 1 aliphatic heterocycles. The standard InChI is InChI=1S/C29H35ClN8O8S/c1-19-5-3-6-21(30)27(19)35-28(41)22-18-31-29(47-22)34-23-17-24(33-20(2)32-23)37-11-9-36(10-12-37)13-16-45-26(40)8-7-25(39)44-14-4-15-46-38(42)43/h3,5-6,17-18H,4,7-16H2,1-2H3,(H,35,41)(H,31,32,33,34). The summed E-state index contributed by atoms with van der Waals surface area (Å²) in [6.45, 7) is 7.07. The minimum Gasteiger partial charge on any atom is -0.466 e. The van der Waals surface area contributed by atoms with Crippen LogP contribution in [0.5, 0.6) is 0 Å². The number of benzene rings is 1. The van der Waals surface area contributed by atoms with E-state index in [9.17, 15) is 24.5 Å². The number of piperazine rings is 1. The van der Waals surface area contributed by atoms with Gasteiger partial charge in [0.2, 0.25) is 0 Å². The highest BCUT2D eigenvalue weighted by molar-refractivity contribution is 7.17. The number of aryl methyl sites for hydroxylation is 2. The number of amides is 1. The van der Waals surface area contributed by atoms with Crippen molar-refractivity contribution in [2.24, 2.45) is 0 Å². The molecule has 3 aromatic rings. The van der Waals surface area contributed by atoms with Gasteiger partial charge in [-0.05, 0) is 25.5 Å². The fourth-order valence-corrected chi connectivity index (χ4v) is 5.50. The van der Waals surface area contributed by atoms with Crippen molar-refractivity contribution in [3.63, 3.8) is 0 Å². The summed E-state index contributed by atoms with van der Waals surface area (Å²) in [5, 5.41) is 16.2. The molecule has 16 nitrogen and oxygen atoms in total. The lowest BCUT2D eigenvalue weighted by Gasteiger charge is -2.35. The Labute approximate surface area is 279 Å². The predicted octanol–water partition coefficient (Wildman–Crippen LogP) is 3.79. The van der Waals surface area contributed by atoms with Crippen LogP contribution in [-0.2, 0) is 23.9 Å². The molecule has 1 amide bonds. The predicted molar refractivity (Wildman–Crippen MR) is 174 cm³/mol. The van der Waals surface area contributed by atoms with Crippen LogP contribution in [0.2, 0.25) is 5.02 Å². The maximum Gasteiger partial charge on any atom is 0.306 e. The molecule has 2 aromatic heterocycles. The third-order valence-corrected chi connectivity index (χ3v) is 8.12. The zero-order valence-corrected chi connectivity index (χ0v) is 27.5. The number of hydrogen-bond donors (Lipinski definition) is 2. The molecule has 3 heterocycles. The van der Waals surface area contributed by atoms with E-state index in [-0.39, 0.29) is 45.0 Å². The lowest BCUT2D eigenvalue weighted by Crippen LogP contribution is -2.47. The van der Waals surface area contributed by atoms with E-state index in [0.29, 0.717) is 52.0 Å². The van der Waals surface area contributed by atoms with E-state index < -0.39 is 17.0 Å². The number of anilines is 4. The van der Waals surface area contributed by atoms with E-state index in [1.165, 1.54) is 17.5 Å². The molecule has 0 radical (unpaired) electrons. The number of halogens is 1. The number of esters is 2. The molecule has 1 aliphatic rings. The second kappa shape index (κ2) is 17.3. The van der Waals surface area contributed by atoms with Gasteiger partial charge in [-0.25, -0.2) is 15.0 Å². The summed E-state index contributed by atoms with van der Waals surface area (Å²) in [5.41, 5.74) is 1.42. The minimum absolute atomic E-state index is 0.0292. The smallest absolute Gasteiger partial charge is 0.306 e. The lowest BCUT2D eigenvalue weighted by molar-refractivity contribution is -0.757. The molecular formula is C29H35ClN8O8S. The molecule has 47 heavy (non-hydrogen) atoms. The first-order valence-electron chi connectivity index (χ1n) is 14.8. The van der Waals surface area contributed by atoms with Gasteiger partial charge in [-0.3, -0.25) is 19.3 Å². The van der Waals surface area contributed by atoms with E-state index in [4.69, 9.17) is 21.1 Å². The summed E-state index contributed by atoms with van der Waals surface area (Å²) in [6.07, 6.45) is 1.43. The maximum atomic E-state index is 12.8. The normalized spacial score (nSPS) is 13.1. The third kappa shape index (κ3) is 11.3. The number of thiazole rings is 1. The van der Waals surface area contributed by atoms with Crippen LogP contribution in [0.15, 0.2) is 30.5 Å². The summed E-state index contributed by atoms with van der Waals surface area (Å²) in [6, 6.07) is 7.25. The molecule has 0 bridgehead atoms. The molecule has 4 rings (SSSR count). The molecule has 252 valence electrons. The summed E-state index contributed by atoms with van der Waals surface area (Å²) in [4.78, 5) is 68.9. The number of hydrogen-bond acceptors (Lipinski definition) is 15. The van der Waals surface area contributed by atoms with Gasteiger partial charge in [0.15, 0.2) is 5.13 Å². The Morgan fingerprint density at radius 3 is 2.47 bits per heavy atom. The molecule has 1 fully saturated rings. The number of aromatic nitrogens is 3. The van der Waals surface area contributed by atoms with Crippen molar-refractivity contribution < 1.29 is 33.8 Å². The Morgan fingerprint density at radius 2 is 1.77 bits per heavy atom. The molecular weight excluding hydrogens is 656 g/mol. The van der Waals surface area contributed by atoms with Crippen molar-refractivity contribution in [3.8, 4) is 0 Å². The Bertz CT molecular complexity index is 1550. The lowest BCUT2D eigenvalue weighted by atomic mass is 10.2. The largest absolute Gasteiger partial charge is 0.466 e. The van der Waals surface area contributed by atoms with Gasteiger partial charge in [-0.2, -0.15) is 0 Å². The van der Waals surface area contributed by atoms with E-state index in [1.54, 1.807) is 13.0 Å². The highest BCUT2D eigenvalue weighted by Gasteiger charge is 2.20. The molecule has 1 saturated heterocycles. The number of carbonyl (C=O) groups is 3. The zero-order valence-electron chi connectivity index (χ0n) is 25.9.